The largest absolute Gasteiger partial charge is 0.487 e. The Morgan fingerprint density at radius 3 is 2.05 bits per heavy atom. The lowest BCUT2D eigenvalue weighted by molar-refractivity contribution is -0.150. The van der Waals surface area contributed by atoms with E-state index in [2.05, 4.69) is 5.32 Å². The Labute approximate surface area is 238 Å². The van der Waals surface area contributed by atoms with Crippen molar-refractivity contribution in [3.05, 3.63) is 71.5 Å². The third-order valence-electron chi connectivity index (χ3n) is 9.15. The van der Waals surface area contributed by atoms with Crippen LogP contribution in [0.4, 0.5) is 23.8 Å². The lowest BCUT2D eigenvalue weighted by atomic mass is 9.47. The number of aliphatic carboxylic acids is 1. The normalized spacial score (nSPS) is 27.2. The summed E-state index contributed by atoms with van der Waals surface area (Å²) in [6.07, 6.45) is 5.44. The second kappa shape index (κ2) is 9.05. The summed E-state index contributed by atoms with van der Waals surface area (Å²) in [5, 5.41) is 13.7. The fraction of sp³-hybridized carbons (Fsp3) is 0.400. The van der Waals surface area contributed by atoms with Gasteiger partial charge < -0.3 is 15.2 Å². The van der Waals surface area contributed by atoms with Gasteiger partial charge >= 0.3 is 16.2 Å². The predicted octanol–water partition coefficient (Wildman–Crippen LogP) is 8.61. The van der Waals surface area contributed by atoms with E-state index in [1.54, 1.807) is 0 Å². The summed E-state index contributed by atoms with van der Waals surface area (Å²) >= 11 is 0. The van der Waals surface area contributed by atoms with Crippen LogP contribution in [0.3, 0.4) is 0 Å². The molecule has 1 amide bonds. The molecule has 3 aromatic carbocycles. The van der Waals surface area contributed by atoms with Crippen molar-refractivity contribution in [1.29, 1.82) is 0 Å². The Morgan fingerprint density at radius 1 is 0.905 bits per heavy atom. The highest BCUT2D eigenvalue weighted by Crippen LogP contribution is 3.02. The van der Waals surface area contributed by atoms with Crippen molar-refractivity contribution in [2.45, 2.75) is 56.1 Å². The molecule has 0 aliphatic heterocycles. The first-order chi connectivity index (χ1) is 19.5. The maximum atomic E-state index is 14.0. The number of hydrogen-bond donors (Lipinski definition) is 2. The molecule has 4 fully saturated rings. The van der Waals surface area contributed by atoms with Crippen LogP contribution in [-0.4, -0.2) is 23.0 Å². The first-order valence-corrected chi connectivity index (χ1v) is 15.7. The number of halogens is 6. The standard InChI is InChI=1S/C30H29F6NO4S/c31-22-4-8-24-21(12-22)3-7-25(26(24)41-16-17-1-5-23(6-2-17)42(32,33,34,35)36)28(38)37-27(29(39)40)30-13-18-9-19(14-30)11-20(10-18)15-30/h1-8,12,18-20,27H,9-11,13-16H2,(H,37,38)(H,39,40)/t18?,19?,20?,27-,30?/m1/s1. The minimum absolute atomic E-state index is 0.0311. The molecule has 4 saturated carbocycles. The number of ether oxygens (including phenoxy) is 1. The Morgan fingerprint density at radius 2 is 1.50 bits per heavy atom. The van der Waals surface area contributed by atoms with Crippen molar-refractivity contribution < 1.29 is 43.3 Å². The van der Waals surface area contributed by atoms with Crippen LogP contribution in [0.15, 0.2) is 59.5 Å². The molecule has 1 atom stereocenters. The van der Waals surface area contributed by atoms with Crippen molar-refractivity contribution in [2.24, 2.45) is 23.2 Å². The van der Waals surface area contributed by atoms with Gasteiger partial charge in [-0.15, -0.1) is 0 Å². The molecule has 42 heavy (non-hydrogen) atoms. The number of carbonyl (C=O) groups excluding carboxylic acids is 1. The lowest BCUT2D eigenvalue weighted by Gasteiger charge is -2.58. The quantitative estimate of drug-likeness (QED) is 0.250. The number of fused-ring (bicyclic) bond motifs is 1. The molecular weight excluding hydrogens is 584 g/mol. The molecule has 4 aliphatic carbocycles. The van der Waals surface area contributed by atoms with Gasteiger partial charge in [0.1, 0.15) is 29.1 Å². The number of hydrogen-bond acceptors (Lipinski definition) is 3. The van der Waals surface area contributed by atoms with E-state index in [-0.39, 0.29) is 29.0 Å². The number of carbonyl (C=O) groups is 2. The van der Waals surface area contributed by atoms with Gasteiger partial charge in [0.25, 0.3) is 5.91 Å². The van der Waals surface area contributed by atoms with Gasteiger partial charge in [0.2, 0.25) is 0 Å². The van der Waals surface area contributed by atoms with Crippen LogP contribution in [0.5, 0.6) is 5.75 Å². The Kier molecular flexibility index (Phi) is 6.18. The van der Waals surface area contributed by atoms with Crippen molar-refractivity contribution in [2.75, 3.05) is 0 Å². The molecule has 0 aromatic heterocycles. The molecule has 7 rings (SSSR count). The molecule has 3 aromatic rings. The molecule has 2 N–H and O–H groups in total. The number of benzene rings is 3. The third kappa shape index (κ3) is 5.41. The Balaban J connectivity index is 1.30. The van der Waals surface area contributed by atoms with Crippen molar-refractivity contribution >= 4 is 32.9 Å². The average Bonchev–Trinajstić information content (AvgIpc) is 2.88. The summed E-state index contributed by atoms with van der Waals surface area (Å²) in [4.78, 5) is 24.2. The van der Waals surface area contributed by atoms with Gasteiger partial charge in [-0.2, -0.15) is 0 Å². The van der Waals surface area contributed by atoms with E-state index >= 15 is 0 Å². The number of carboxylic acids is 1. The molecule has 0 spiro atoms. The maximum absolute atomic E-state index is 14.0. The van der Waals surface area contributed by atoms with E-state index in [4.69, 9.17) is 4.74 Å². The summed E-state index contributed by atoms with van der Waals surface area (Å²) in [6.45, 7) is -0.394. The van der Waals surface area contributed by atoms with E-state index in [1.165, 1.54) is 24.3 Å². The lowest BCUT2D eigenvalue weighted by Crippen LogP contribution is -2.59. The molecule has 226 valence electrons. The second-order valence-corrected chi connectivity index (χ2v) is 14.6. The van der Waals surface area contributed by atoms with E-state index in [9.17, 15) is 38.5 Å². The van der Waals surface area contributed by atoms with Gasteiger partial charge in [-0.05, 0) is 104 Å². The first kappa shape index (κ1) is 28.7. The van der Waals surface area contributed by atoms with E-state index in [0.29, 0.717) is 28.5 Å². The maximum Gasteiger partial charge on any atom is 0.326 e. The van der Waals surface area contributed by atoms with E-state index < -0.39 is 50.9 Å². The minimum Gasteiger partial charge on any atom is -0.487 e. The number of rotatable bonds is 8. The SMILES string of the molecule is O=C(N[C@H](C(=O)O)C12CC3CC(CC(C3)C1)C2)c1ccc2cc(F)ccc2c1OCc1ccc(S(F)(F)(F)(F)F)cc1. The highest BCUT2D eigenvalue weighted by atomic mass is 32.5. The van der Waals surface area contributed by atoms with Crippen LogP contribution in [0.2, 0.25) is 0 Å². The van der Waals surface area contributed by atoms with Crippen LogP contribution in [0.1, 0.15) is 54.4 Å². The molecule has 0 saturated heterocycles. The topological polar surface area (TPSA) is 75.6 Å². The molecule has 4 aliphatic rings. The molecule has 0 unspecified atom stereocenters. The van der Waals surface area contributed by atoms with Gasteiger partial charge in [-0.3, -0.25) is 4.79 Å². The van der Waals surface area contributed by atoms with E-state index in [0.717, 1.165) is 56.7 Å². The summed E-state index contributed by atoms with van der Waals surface area (Å²) in [5.74, 6) is -1.10. The number of amides is 1. The molecule has 12 heteroatoms. The predicted molar refractivity (Wildman–Crippen MR) is 146 cm³/mol. The highest BCUT2D eigenvalue weighted by Gasteiger charge is 2.65. The number of carboxylic acid groups (broad SMARTS) is 1. The fourth-order valence-electron chi connectivity index (χ4n) is 7.82. The molecule has 4 bridgehead atoms. The zero-order valence-electron chi connectivity index (χ0n) is 22.3. The molecule has 5 nitrogen and oxygen atoms in total. The highest BCUT2D eigenvalue weighted by molar-refractivity contribution is 8.45. The van der Waals surface area contributed by atoms with E-state index in [1.807, 2.05) is 0 Å². The van der Waals surface area contributed by atoms with Gasteiger partial charge in [0.15, 0.2) is 0 Å². The third-order valence-corrected chi connectivity index (χ3v) is 10.3. The van der Waals surface area contributed by atoms with Gasteiger partial charge in [-0.1, -0.05) is 37.6 Å². The van der Waals surface area contributed by atoms with Gasteiger partial charge in [0.05, 0.1) is 5.56 Å². The van der Waals surface area contributed by atoms with Gasteiger partial charge in [0, 0.05) is 10.8 Å². The molecular formula is C30H29F6NO4S. The summed E-state index contributed by atoms with van der Waals surface area (Å²) < 4.78 is 85.5. The van der Waals surface area contributed by atoms with Crippen molar-refractivity contribution in [3.8, 4) is 5.75 Å². The van der Waals surface area contributed by atoms with Crippen molar-refractivity contribution in [1.82, 2.24) is 5.32 Å². The second-order valence-electron chi connectivity index (χ2n) is 12.2. The Hall–Kier alpha value is -3.41. The smallest absolute Gasteiger partial charge is 0.326 e. The van der Waals surface area contributed by atoms with Crippen LogP contribution >= 0.6 is 10.2 Å². The number of nitrogens with one attached hydrogen (secondary N) is 1. The van der Waals surface area contributed by atoms with Crippen molar-refractivity contribution in [3.63, 3.8) is 0 Å². The van der Waals surface area contributed by atoms with Crippen LogP contribution in [0, 0.1) is 29.0 Å². The average molecular weight is 614 g/mol. The molecule has 0 radical (unpaired) electrons. The summed E-state index contributed by atoms with van der Waals surface area (Å²) in [7, 11) is -9.85. The zero-order chi connectivity index (χ0) is 30.1. The Bertz CT molecular complexity index is 1560. The fourth-order valence-corrected chi connectivity index (χ4v) is 8.47. The molecule has 0 heterocycles. The van der Waals surface area contributed by atoms with Crippen LogP contribution in [0.25, 0.3) is 10.8 Å². The van der Waals surface area contributed by atoms with Crippen LogP contribution in [-0.2, 0) is 11.4 Å². The first-order valence-electron chi connectivity index (χ1n) is 13.7. The van der Waals surface area contributed by atoms with Crippen LogP contribution < -0.4 is 10.1 Å². The summed E-state index contributed by atoms with van der Waals surface area (Å²) in [6, 6.07) is 7.73. The zero-order valence-corrected chi connectivity index (χ0v) is 23.1. The summed E-state index contributed by atoms with van der Waals surface area (Å²) in [5.41, 5.74) is -0.473. The van der Waals surface area contributed by atoms with Gasteiger partial charge in [-0.25, -0.2) is 9.18 Å². The minimum atomic E-state index is -9.85. The monoisotopic (exact) mass is 613 g/mol.